The second-order valence-electron chi connectivity index (χ2n) is 8.41. The number of nitrogens with one attached hydrogen (secondary N) is 1. The number of para-hydroxylation sites is 1. The molecule has 1 aliphatic heterocycles. The highest BCUT2D eigenvalue weighted by Crippen LogP contribution is 2.24. The second-order valence-corrected chi connectivity index (χ2v) is 8.41. The zero-order valence-corrected chi connectivity index (χ0v) is 18.0. The molecule has 1 fully saturated rings. The van der Waals surface area contributed by atoms with E-state index in [1.807, 2.05) is 62.4 Å². The number of likely N-dealkylation sites (tertiary alicyclic amines) is 1. The van der Waals surface area contributed by atoms with Crippen LogP contribution in [-0.4, -0.2) is 34.8 Å². The lowest BCUT2D eigenvalue weighted by Gasteiger charge is -2.31. The van der Waals surface area contributed by atoms with E-state index in [1.165, 1.54) is 0 Å². The summed E-state index contributed by atoms with van der Waals surface area (Å²) in [5.41, 5.74) is 10.6. The van der Waals surface area contributed by atoms with E-state index in [-0.39, 0.29) is 17.7 Å². The van der Waals surface area contributed by atoms with Gasteiger partial charge in [0.05, 0.1) is 22.7 Å². The molecule has 2 amide bonds. The average Bonchev–Trinajstić information content (AvgIpc) is 2.74. The first-order valence-electron chi connectivity index (χ1n) is 10.7. The summed E-state index contributed by atoms with van der Waals surface area (Å²) in [7, 11) is 0. The number of aromatic nitrogens is 1. The highest BCUT2D eigenvalue weighted by molar-refractivity contribution is 6.07. The van der Waals surface area contributed by atoms with Crippen LogP contribution in [0, 0.1) is 19.8 Å². The maximum atomic E-state index is 13.1. The standard InChI is InChI=1S/C25H28N4O2/c1-16-9-10-18-13-21(17(2)27-23(18)12-16)25(31)28-22-8-4-3-6-19(22)14-29-11-5-7-20(15-29)24(26)30/h3-4,6,8-10,12-13,20H,5,7,11,14-15H2,1-2H3,(H2,26,30)(H,28,31). The van der Waals surface area contributed by atoms with Gasteiger partial charge in [-0.2, -0.15) is 0 Å². The van der Waals surface area contributed by atoms with Crippen LogP contribution < -0.4 is 11.1 Å². The van der Waals surface area contributed by atoms with Crippen LogP contribution in [0.3, 0.4) is 0 Å². The molecule has 2 heterocycles. The van der Waals surface area contributed by atoms with Crippen molar-refractivity contribution < 1.29 is 9.59 Å². The van der Waals surface area contributed by atoms with Gasteiger partial charge in [0.25, 0.3) is 5.91 Å². The van der Waals surface area contributed by atoms with Crippen LogP contribution in [0.1, 0.15) is 40.0 Å². The molecule has 1 atom stereocenters. The van der Waals surface area contributed by atoms with Gasteiger partial charge in [-0.1, -0.05) is 30.3 Å². The first kappa shape index (κ1) is 21.0. The van der Waals surface area contributed by atoms with E-state index in [0.717, 1.165) is 47.1 Å². The Hall–Kier alpha value is -3.25. The number of rotatable bonds is 5. The maximum Gasteiger partial charge on any atom is 0.257 e. The average molecular weight is 417 g/mol. The molecular weight excluding hydrogens is 388 g/mol. The van der Waals surface area contributed by atoms with Gasteiger partial charge in [0, 0.05) is 24.2 Å². The van der Waals surface area contributed by atoms with Crippen LogP contribution in [0.15, 0.2) is 48.5 Å². The molecule has 0 spiro atoms. The fraction of sp³-hybridized carbons (Fsp3) is 0.320. The quantitative estimate of drug-likeness (QED) is 0.662. The van der Waals surface area contributed by atoms with Crippen molar-refractivity contribution in [1.82, 2.24) is 9.88 Å². The number of aryl methyl sites for hydroxylation is 2. The minimum atomic E-state index is -0.235. The summed E-state index contributed by atoms with van der Waals surface area (Å²) in [4.78, 5) is 31.6. The van der Waals surface area contributed by atoms with E-state index in [0.29, 0.717) is 24.3 Å². The maximum absolute atomic E-state index is 13.1. The molecule has 3 N–H and O–H groups in total. The zero-order valence-electron chi connectivity index (χ0n) is 18.0. The summed E-state index contributed by atoms with van der Waals surface area (Å²) in [6.07, 6.45) is 1.79. The Labute approximate surface area is 182 Å². The van der Waals surface area contributed by atoms with Crippen LogP contribution in [0.25, 0.3) is 10.9 Å². The van der Waals surface area contributed by atoms with Crippen molar-refractivity contribution in [3.8, 4) is 0 Å². The van der Waals surface area contributed by atoms with E-state index < -0.39 is 0 Å². The molecule has 0 radical (unpaired) electrons. The Kier molecular flexibility index (Phi) is 6.00. The van der Waals surface area contributed by atoms with Crippen molar-refractivity contribution in [3.05, 3.63) is 70.9 Å². The van der Waals surface area contributed by atoms with E-state index >= 15 is 0 Å². The van der Waals surface area contributed by atoms with Gasteiger partial charge in [0.15, 0.2) is 0 Å². The number of carbonyl (C=O) groups excluding carboxylic acids is 2. The molecule has 4 rings (SSSR count). The molecule has 1 aromatic heterocycles. The number of anilines is 1. The van der Waals surface area contributed by atoms with E-state index in [4.69, 9.17) is 5.73 Å². The van der Waals surface area contributed by atoms with Gasteiger partial charge in [0.1, 0.15) is 0 Å². The fourth-order valence-electron chi connectivity index (χ4n) is 4.25. The predicted octanol–water partition coefficient (Wildman–Crippen LogP) is 3.80. The van der Waals surface area contributed by atoms with Crippen molar-refractivity contribution in [1.29, 1.82) is 0 Å². The van der Waals surface area contributed by atoms with Crippen molar-refractivity contribution in [2.24, 2.45) is 11.7 Å². The molecule has 31 heavy (non-hydrogen) atoms. The monoisotopic (exact) mass is 416 g/mol. The number of pyridine rings is 1. The third kappa shape index (κ3) is 4.75. The van der Waals surface area contributed by atoms with E-state index in [2.05, 4.69) is 15.2 Å². The lowest BCUT2D eigenvalue weighted by molar-refractivity contribution is -0.123. The molecular formula is C25H28N4O2. The molecule has 0 bridgehead atoms. The lowest BCUT2D eigenvalue weighted by atomic mass is 9.97. The summed E-state index contributed by atoms with van der Waals surface area (Å²) in [6, 6.07) is 15.7. The number of benzene rings is 2. The largest absolute Gasteiger partial charge is 0.369 e. The number of carbonyl (C=O) groups is 2. The first-order valence-corrected chi connectivity index (χ1v) is 10.7. The molecule has 160 valence electrons. The third-order valence-corrected chi connectivity index (χ3v) is 5.98. The van der Waals surface area contributed by atoms with Crippen LogP contribution in [0.2, 0.25) is 0 Å². The number of nitrogens with two attached hydrogens (primary N) is 1. The Morgan fingerprint density at radius 3 is 2.77 bits per heavy atom. The molecule has 1 aliphatic rings. The third-order valence-electron chi connectivity index (χ3n) is 5.98. The molecule has 3 aromatic rings. The normalized spacial score (nSPS) is 16.9. The molecule has 0 saturated carbocycles. The van der Waals surface area contributed by atoms with E-state index in [9.17, 15) is 9.59 Å². The summed E-state index contributed by atoms with van der Waals surface area (Å²) in [5.74, 6) is -0.514. The first-order chi connectivity index (χ1) is 14.9. The Balaban J connectivity index is 1.54. The van der Waals surface area contributed by atoms with Gasteiger partial charge >= 0.3 is 0 Å². The zero-order chi connectivity index (χ0) is 22.0. The van der Waals surface area contributed by atoms with Crippen LogP contribution in [0.4, 0.5) is 5.69 Å². The number of amides is 2. The Bertz CT molecular complexity index is 1140. The molecule has 1 unspecified atom stereocenters. The van der Waals surface area contributed by atoms with Gasteiger partial charge in [-0.15, -0.1) is 0 Å². The summed E-state index contributed by atoms with van der Waals surface area (Å²) >= 11 is 0. The van der Waals surface area contributed by atoms with Crippen LogP contribution in [0.5, 0.6) is 0 Å². The molecule has 0 aliphatic carbocycles. The highest BCUT2D eigenvalue weighted by atomic mass is 16.2. The number of piperidine rings is 1. The van der Waals surface area contributed by atoms with Crippen molar-refractivity contribution in [2.75, 3.05) is 18.4 Å². The van der Waals surface area contributed by atoms with Gasteiger partial charge in [0.2, 0.25) is 5.91 Å². The van der Waals surface area contributed by atoms with Crippen LogP contribution >= 0.6 is 0 Å². The fourth-order valence-corrected chi connectivity index (χ4v) is 4.25. The van der Waals surface area contributed by atoms with Crippen molar-refractivity contribution in [3.63, 3.8) is 0 Å². The summed E-state index contributed by atoms with van der Waals surface area (Å²) in [6.45, 7) is 6.13. The molecule has 6 heteroatoms. The summed E-state index contributed by atoms with van der Waals surface area (Å²) in [5, 5.41) is 4.01. The Morgan fingerprint density at radius 1 is 1.16 bits per heavy atom. The molecule has 2 aromatic carbocycles. The number of nitrogens with zero attached hydrogens (tertiary/aromatic N) is 2. The molecule has 1 saturated heterocycles. The predicted molar refractivity (Wildman–Crippen MR) is 123 cm³/mol. The minimum Gasteiger partial charge on any atom is -0.369 e. The molecule has 6 nitrogen and oxygen atoms in total. The summed E-state index contributed by atoms with van der Waals surface area (Å²) < 4.78 is 0. The van der Waals surface area contributed by atoms with Gasteiger partial charge in [-0.05, 0) is 62.6 Å². The topological polar surface area (TPSA) is 88.3 Å². The smallest absolute Gasteiger partial charge is 0.257 e. The number of hydrogen-bond donors (Lipinski definition) is 2. The van der Waals surface area contributed by atoms with E-state index in [1.54, 1.807) is 0 Å². The second kappa shape index (κ2) is 8.86. The Morgan fingerprint density at radius 2 is 1.97 bits per heavy atom. The van der Waals surface area contributed by atoms with Gasteiger partial charge in [-0.25, -0.2) is 0 Å². The SMILES string of the molecule is Cc1ccc2cc(C(=O)Nc3ccccc3CN3CCCC(C(N)=O)C3)c(C)nc2c1. The van der Waals surface area contributed by atoms with Gasteiger partial charge < -0.3 is 11.1 Å². The lowest BCUT2D eigenvalue weighted by Crippen LogP contribution is -2.40. The van der Waals surface area contributed by atoms with Crippen molar-refractivity contribution >= 4 is 28.4 Å². The number of primary amides is 1. The van der Waals surface area contributed by atoms with Crippen molar-refractivity contribution in [2.45, 2.75) is 33.2 Å². The minimum absolute atomic E-state index is 0.106. The highest BCUT2D eigenvalue weighted by Gasteiger charge is 2.24. The van der Waals surface area contributed by atoms with Crippen LogP contribution in [-0.2, 0) is 11.3 Å². The number of hydrogen-bond acceptors (Lipinski definition) is 4. The number of fused-ring (bicyclic) bond motifs is 1. The van der Waals surface area contributed by atoms with Gasteiger partial charge in [-0.3, -0.25) is 19.5 Å².